The SMILES string of the molecule is CCCC(CN)N1CCN(CC2CCOC2)CC1. The molecule has 0 amide bonds. The maximum Gasteiger partial charge on any atom is 0.0507 e. The van der Waals surface area contributed by atoms with E-state index in [4.69, 9.17) is 10.5 Å². The van der Waals surface area contributed by atoms with Crippen molar-refractivity contribution in [2.75, 3.05) is 52.5 Å². The molecule has 0 aromatic carbocycles. The van der Waals surface area contributed by atoms with Crippen LogP contribution in [0, 0.1) is 5.92 Å². The third kappa shape index (κ3) is 3.92. The van der Waals surface area contributed by atoms with Gasteiger partial charge < -0.3 is 15.4 Å². The highest BCUT2D eigenvalue weighted by Crippen LogP contribution is 2.16. The quantitative estimate of drug-likeness (QED) is 0.761. The molecule has 2 aliphatic rings. The average Bonchev–Trinajstić information content (AvgIpc) is 2.90. The van der Waals surface area contributed by atoms with Crippen molar-refractivity contribution >= 4 is 0 Å². The fourth-order valence-corrected chi connectivity index (χ4v) is 3.19. The highest BCUT2D eigenvalue weighted by atomic mass is 16.5. The van der Waals surface area contributed by atoms with Crippen LogP contribution in [0.4, 0.5) is 0 Å². The van der Waals surface area contributed by atoms with Gasteiger partial charge in [0.2, 0.25) is 0 Å². The van der Waals surface area contributed by atoms with Crippen molar-refractivity contribution in [3.63, 3.8) is 0 Å². The van der Waals surface area contributed by atoms with Crippen molar-refractivity contribution < 1.29 is 4.74 Å². The summed E-state index contributed by atoms with van der Waals surface area (Å²) < 4.78 is 5.45. The summed E-state index contributed by atoms with van der Waals surface area (Å²) in [5, 5.41) is 0. The van der Waals surface area contributed by atoms with E-state index in [1.165, 1.54) is 52.0 Å². The molecule has 4 nitrogen and oxygen atoms in total. The van der Waals surface area contributed by atoms with Crippen LogP contribution in [-0.4, -0.2) is 68.3 Å². The Hall–Kier alpha value is -0.160. The third-order valence-electron chi connectivity index (χ3n) is 4.36. The largest absolute Gasteiger partial charge is 0.381 e. The molecule has 18 heavy (non-hydrogen) atoms. The van der Waals surface area contributed by atoms with Crippen molar-refractivity contribution in [2.24, 2.45) is 11.7 Å². The van der Waals surface area contributed by atoms with Gasteiger partial charge in [-0.15, -0.1) is 0 Å². The minimum absolute atomic E-state index is 0.604. The van der Waals surface area contributed by atoms with Crippen molar-refractivity contribution in [3.8, 4) is 0 Å². The summed E-state index contributed by atoms with van der Waals surface area (Å²) in [5.41, 5.74) is 5.88. The number of nitrogens with two attached hydrogens (primary N) is 1. The molecule has 2 unspecified atom stereocenters. The van der Waals surface area contributed by atoms with E-state index >= 15 is 0 Å². The second kappa shape index (κ2) is 7.43. The van der Waals surface area contributed by atoms with Gasteiger partial charge in [0.1, 0.15) is 0 Å². The van der Waals surface area contributed by atoms with E-state index in [1.54, 1.807) is 0 Å². The molecule has 0 saturated carbocycles. The zero-order valence-electron chi connectivity index (χ0n) is 11.8. The molecule has 2 heterocycles. The second-order valence-electron chi connectivity index (χ2n) is 5.74. The average molecular weight is 255 g/mol. The molecule has 2 rings (SSSR count). The van der Waals surface area contributed by atoms with Gasteiger partial charge in [-0.25, -0.2) is 0 Å². The number of ether oxygens (including phenoxy) is 1. The molecule has 2 N–H and O–H groups in total. The first-order valence-corrected chi connectivity index (χ1v) is 7.57. The first-order valence-electron chi connectivity index (χ1n) is 7.57. The van der Waals surface area contributed by atoms with Crippen LogP contribution in [0.2, 0.25) is 0 Å². The Bertz CT molecular complexity index is 223. The summed E-state index contributed by atoms with van der Waals surface area (Å²) >= 11 is 0. The lowest BCUT2D eigenvalue weighted by atomic mass is 10.1. The molecule has 0 spiro atoms. The number of nitrogens with zero attached hydrogens (tertiary/aromatic N) is 2. The van der Waals surface area contributed by atoms with Gasteiger partial charge in [-0.3, -0.25) is 4.90 Å². The summed E-state index contributed by atoms with van der Waals surface area (Å²) in [4.78, 5) is 5.19. The Labute approximate surface area is 111 Å². The molecule has 0 aliphatic carbocycles. The lowest BCUT2D eigenvalue weighted by Crippen LogP contribution is -2.53. The molecule has 4 heteroatoms. The second-order valence-corrected chi connectivity index (χ2v) is 5.74. The first-order chi connectivity index (χ1) is 8.83. The first kappa shape index (κ1) is 14.3. The van der Waals surface area contributed by atoms with Crippen molar-refractivity contribution in [3.05, 3.63) is 0 Å². The number of hydrogen-bond donors (Lipinski definition) is 1. The molecule has 2 atom stereocenters. The van der Waals surface area contributed by atoms with Gasteiger partial charge in [0, 0.05) is 51.9 Å². The fourth-order valence-electron chi connectivity index (χ4n) is 3.19. The topological polar surface area (TPSA) is 41.7 Å². The van der Waals surface area contributed by atoms with E-state index in [0.717, 1.165) is 25.7 Å². The Morgan fingerprint density at radius 3 is 2.61 bits per heavy atom. The van der Waals surface area contributed by atoms with Gasteiger partial charge in [0.25, 0.3) is 0 Å². The van der Waals surface area contributed by atoms with E-state index in [2.05, 4.69) is 16.7 Å². The van der Waals surface area contributed by atoms with Crippen LogP contribution in [-0.2, 0) is 4.74 Å². The van der Waals surface area contributed by atoms with Crippen LogP contribution in [0.5, 0.6) is 0 Å². The number of rotatable bonds is 6. The highest BCUT2D eigenvalue weighted by molar-refractivity contribution is 4.80. The maximum atomic E-state index is 5.88. The Kier molecular flexibility index (Phi) is 5.89. The van der Waals surface area contributed by atoms with Gasteiger partial charge in [-0.2, -0.15) is 0 Å². The Morgan fingerprint density at radius 1 is 1.28 bits per heavy atom. The minimum Gasteiger partial charge on any atom is -0.381 e. The molecular weight excluding hydrogens is 226 g/mol. The highest BCUT2D eigenvalue weighted by Gasteiger charge is 2.25. The molecule has 0 aromatic heterocycles. The van der Waals surface area contributed by atoms with Crippen molar-refractivity contribution in [1.29, 1.82) is 0 Å². The van der Waals surface area contributed by atoms with E-state index in [9.17, 15) is 0 Å². The molecular formula is C14H29N3O. The summed E-state index contributed by atoms with van der Waals surface area (Å²) in [5.74, 6) is 0.775. The standard InChI is InChI=1S/C14H29N3O/c1-2-3-14(10-15)17-7-5-16(6-8-17)11-13-4-9-18-12-13/h13-14H,2-12,15H2,1H3. The maximum absolute atomic E-state index is 5.88. The van der Waals surface area contributed by atoms with Gasteiger partial charge in [0.05, 0.1) is 6.61 Å². The zero-order valence-corrected chi connectivity index (χ0v) is 11.8. The molecule has 2 saturated heterocycles. The molecule has 106 valence electrons. The molecule has 2 aliphatic heterocycles. The summed E-state index contributed by atoms with van der Waals surface area (Å²) in [6.07, 6.45) is 3.73. The number of piperazine rings is 1. The monoisotopic (exact) mass is 255 g/mol. The normalized spacial score (nSPS) is 28.7. The van der Waals surface area contributed by atoms with Gasteiger partial charge >= 0.3 is 0 Å². The van der Waals surface area contributed by atoms with E-state index in [0.29, 0.717) is 6.04 Å². The predicted molar refractivity (Wildman–Crippen MR) is 74.7 cm³/mol. The van der Waals surface area contributed by atoms with E-state index in [1.807, 2.05) is 0 Å². The van der Waals surface area contributed by atoms with Crippen LogP contribution in [0.25, 0.3) is 0 Å². The predicted octanol–water partition coefficient (Wildman–Crippen LogP) is 0.768. The Morgan fingerprint density at radius 2 is 2.06 bits per heavy atom. The lowest BCUT2D eigenvalue weighted by Gasteiger charge is -2.39. The minimum atomic E-state index is 0.604. The zero-order chi connectivity index (χ0) is 12.8. The van der Waals surface area contributed by atoms with Crippen LogP contribution >= 0.6 is 0 Å². The molecule has 2 fully saturated rings. The van der Waals surface area contributed by atoms with Crippen molar-refractivity contribution in [2.45, 2.75) is 32.2 Å². The third-order valence-corrected chi connectivity index (χ3v) is 4.36. The summed E-state index contributed by atoms with van der Waals surface area (Å²) in [7, 11) is 0. The smallest absolute Gasteiger partial charge is 0.0507 e. The van der Waals surface area contributed by atoms with Gasteiger partial charge in [-0.1, -0.05) is 13.3 Å². The lowest BCUT2D eigenvalue weighted by molar-refractivity contribution is 0.0817. The van der Waals surface area contributed by atoms with E-state index in [-0.39, 0.29) is 0 Å². The van der Waals surface area contributed by atoms with Crippen LogP contribution in [0.15, 0.2) is 0 Å². The van der Waals surface area contributed by atoms with Gasteiger partial charge in [0.15, 0.2) is 0 Å². The molecule has 0 radical (unpaired) electrons. The van der Waals surface area contributed by atoms with Crippen molar-refractivity contribution in [1.82, 2.24) is 9.80 Å². The molecule has 0 bridgehead atoms. The van der Waals surface area contributed by atoms with Gasteiger partial charge in [-0.05, 0) is 18.8 Å². The van der Waals surface area contributed by atoms with E-state index < -0.39 is 0 Å². The van der Waals surface area contributed by atoms with Crippen LogP contribution in [0.1, 0.15) is 26.2 Å². The number of hydrogen-bond acceptors (Lipinski definition) is 4. The summed E-state index contributed by atoms with van der Waals surface area (Å²) in [6.45, 7) is 11.0. The summed E-state index contributed by atoms with van der Waals surface area (Å²) in [6, 6.07) is 0.604. The van der Waals surface area contributed by atoms with Crippen LogP contribution in [0.3, 0.4) is 0 Å². The molecule has 0 aromatic rings. The van der Waals surface area contributed by atoms with Crippen LogP contribution < -0.4 is 5.73 Å². The fraction of sp³-hybridized carbons (Fsp3) is 1.00. The Balaban J connectivity index is 1.69.